The maximum atomic E-state index is 13.4. The lowest BCUT2D eigenvalue weighted by atomic mass is 9.93. The van der Waals surface area contributed by atoms with Gasteiger partial charge in [0.2, 0.25) is 0 Å². The van der Waals surface area contributed by atoms with Crippen LogP contribution in [-0.4, -0.2) is 0 Å². The maximum Gasteiger partial charge on any atom is 0.142 e. The van der Waals surface area contributed by atoms with Crippen molar-refractivity contribution in [3.8, 4) is 0 Å². The molecule has 0 aliphatic carbocycles. The number of benzene rings is 2. The molecular formula is C15H15ClFN. The molecule has 94 valence electrons. The topological polar surface area (TPSA) is 26.0 Å². The summed E-state index contributed by atoms with van der Waals surface area (Å²) in [7, 11) is 0. The van der Waals surface area contributed by atoms with E-state index < -0.39 is 11.9 Å². The molecule has 2 aromatic rings. The van der Waals surface area contributed by atoms with E-state index in [1.54, 1.807) is 12.1 Å². The third kappa shape index (κ3) is 2.26. The summed E-state index contributed by atoms with van der Waals surface area (Å²) in [6.07, 6.45) is 0. The molecule has 1 atom stereocenters. The van der Waals surface area contributed by atoms with E-state index in [1.165, 1.54) is 6.07 Å². The summed E-state index contributed by atoms with van der Waals surface area (Å²) in [5.41, 5.74) is 10.1. The first-order valence-corrected chi connectivity index (χ1v) is 6.15. The van der Waals surface area contributed by atoms with E-state index in [9.17, 15) is 4.39 Å². The predicted octanol–water partition coefficient (Wildman–Crippen LogP) is 4.14. The second-order valence-corrected chi connectivity index (χ2v) is 4.79. The minimum atomic E-state index is -0.435. The van der Waals surface area contributed by atoms with Crippen molar-refractivity contribution >= 4 is 11.6 Å². The number of rotatable bonds is 2. The highest BCUT2D eigenvalue weighted by Gasteiger charge is 2.16. The van der Waals surface area contributed by atoms with Crippen molar-refractivity contribution in [2.45, 2.75) is 19.9 Å². The van der Waals surface area contributed by atoms with Gasteiger partial charge in [-0.3, -0.25) is 0 Å². The standard InChI is InChI=1S/C15H15ClFN/c1-9-5-3-6-11(10(9)2)15(18)12-7-4-8-13(17)14(12)16/h3-8,15H,18H2,1-2H3. The summed E-state index contributed by atoms with van der Waals surface area (Å²) in [6.45, 7) is 4.04. The third-order valence-electron chi connectivity index (χ3n) is 3.30. The molecule has 0 aromatic heterocycles. The normalized spacial score (nSPS) is 12.5. The lowest BCUT2D eigenvalue weighted by Crippen LogP contribution is -2.14. The molecule has 0 bridgehead atoms. The molecule has 0 saturated heterocycles. The molecule has 2 N–H and O–H groups in total. The van der Waals surface area contributed by atoms with Gasteiger partial charge in [-0.1, -0.05) is 41.9 Å². The number of aryl methyl sites for hydroxylation is 1. The minimum absolute atomic E-state index is 0.103. The van der Waals surface area contributed by atoms with Gasteiger partial charge in [0.05, 0.1) is 11.1 Å². The Morgan fingerprint density at radius 3 is 2.39 bits per heavy atom. The van der Waals surface area contributed by atoms with Crippen molar-refractivity contribution in [3.05, 3.63) is 69.5 Å². The minimum Gasteiger partial charge on any atom is -0.320 e. The second kappa shape index (κ2) is 5.09. The quantitative estimate of drug-likeness (QED) is 0.866. The van der Waals surface area contributed by atoms with Crippen LogP contribution >= 0.6 is 11.6 Å². The van der Waals surface area contributed by atoms with Crippen LogP contribution in [0.2, 0.25) is 5.02 Å². The molecule has 0 aliphatic heterocycles. The summed E-state index contributed by atoms with van der Waals surface area (Å²) >= 11 is 5.98. The van der Waals surface area contributed by atoms with Gasteiger partial charge in [0.1, 0.15) is 5.82 Å². The van der Waals surface area contributed by atoms with Gasteiger partial charge in [0, 0.05) is 0 Å². The molecular weight excluding hydrogens is 249 g/mol. The van der Waals surface area contributed by atoms with Gasteiger partial charge >= 0.3 is 0 Å². The number of hydrogen-bond donors (Lipinski definition) is 1. The van der Waals surface area contributed by atoms with E-state index in [-0.39, 0.29) is 5.02 Å². The van der Waals surface area contributed by atoms with Crippen LogP contribution in [0.25, 0.3) is 0 Å². The SMILES string of the molecule is Cc1cccc(C(N)c2cccc(F)c2Cl)c1C. The fourth-order valence-electron chi connectivity index (χ4n) is 2.04. The highest BCUT2D eigenvalue weighted by molar-refractivity contribution is 6.31. The van der Waals surface area contributed by atoms with Crippen molar-refractivity contribution in [3.63, 3.8) is 0 Å². The largest absolute Gasteiger partial charge is 0.320 e. The Hall–Kier alpha value is -1.38. The van der Waals surface area contributed by atoms with E-state index in [0.717, 1.165) is 16.7 Å². The smallest absolute Gasteiger partial charge is 0.142 e. The maximum absolute atomic E-state index is 13.4. The summed E-state index contributed by atoms with van der Waals surface area (Å²) in [6, 6.07) is 10.2. The van der Waals surface area contributed by atoms with Crippen molar-refractivity contribution in [2.24, 2.45) is 5.73 Å². The van der Waals surface area contributed by atoms with Gasteiger partial charge < -0.3 is 5.73 Å². The van der Waals surface area contributed by atoms with E-state index >= 15 is 0 Å². The Bertz CT molecular complexity index is 529. The zero-order valence-corrected chi connectivity index (χ0v) is 11.1. The van der Waals surface area contributed by atoms with Crippen LogP contribution in [0.4, 0.5) is 4.39 Å². The molecule has 2 rings (SSSR count). The van der Waals surface area contributed by atoms with Crippen LogP contribution in [0, 0.1) is 19.7 Å². The molecule has 18 heavy (non-hydrogen) atoms. The molecule has 0 heterocycles. The average Bonchev–Trinajstić information content (AvgIpc) is 2.35. The number of halogens is 2. The number of nitrogens with two attached hydrogens (primary N) is 1. The van der Waals surface area contributed by atoms with E-state index in [2.05, 4.69) is 0 Å². The molecule has 3 heteroatoms. The van der Waals surface area contributed by atoms with Gasteiger partial charge in [-0.05, 0) is 42.2 Å². The van der Waals surface area contributed by atoms with Crippen LogP contribution < -0.4 is 5.73 Å². The molecule has 0 amide bonds. The highest BCUT2D eigenvalue weighted by Crippen LogP contribution is 2.30. The van der Waals surface area contributed by atoms with Crippen molar-refractivity contribution in [1.82, 2.24) is 0 Å². The van der Waals surface area contributed by atoms with Crippen LogP contribution in [0.1, 0.15) is 28.3 Å². The molecule has 2 aromatic carbocycles. The Kier molecular flexibility index (Phi) is 3.69. The van der Waals surface area contributed by atoms with Crippen LogP contribution in [0.5, 0.6) is 0 Å². The monoisotopic (exact) mass is 263 g/mol. The van der Waals surface area contributed by atoms with Crippen LogP contribution in [0.15, 0.2) is 36.4 Å². The number of hydrogen-bond acceptors (Lipinski definition) is 1. The van der Waals surface area contributed by atoms with E-state index in [0.29, 0.717) is 5.56 Å². The second-order valence-electron chi connectivity index (χ2n) is 4.41. The zero-order chi connectivity index (χ0) is 13.3. The first-order valence-electron chi connectivity index (χ1n) is 5.78. The van der Waals surface area contributed by atoms with Gasteiger partial charge in [-0.2, -0.15) is 0 Å². The molecule has 0 fully saturated rings. The summed E-state index contributed by atoms with van der Waals surface area (Å²) in [5, 5.41) is 0.103. The lowest BCUT2D eigenvalue weighted by molar-refractivity contribution is 0.624. The summed E-state index contributed by atoms with van der Waals surface area (Å²) < 4.78 is 13.4. The van der Waals surface area contributed by atoms with Crippen molar-refractivity contribution in [1.29, 1.82) is 0 Å². The molecule has 0 aliphatic rings. The molecule has 0 saturated carbocycles. The Morgan fingerprint density at radius 2 is 1.67 bits per heavy atom. The Morgan fingerprint density at radius 1 is 1.06 bits per heavy atom. The molecule has 0 spiro atoms. The van der Waals surface area contributed by atoms with Gasteiger partial charge in [-0.15, -0.1) is 0 Å². The van der Waals surface area contributed by atoms with E-state index in [4.69, 9.17) is 17.3 Å². The van der Waals surface area contributed by atoms with Gasteiger partial charge in [0.15, 0.2) is 0 Å². The van der Waals surface area contributed by atoms with Crippen molar-refractivity contribution < 1.29 is 4.39 Å². The van der Waals surface area contributed by atoms with Gasteiger partial charge in [0.25, 0.3) is 0 Å². The Balaban J connectivity index is 2.51. The van der Waals surface area contributed by atoms with Crippen molar-refractivity contribution in [2.75, 3.05) is 0 Å². The highest BCUT2D eigenvalue weighted by atomic mass is 35.5. The molecule has 1 nitrogen and oxygen atoms in total. The Labute approximate surface area is 111 Å². The predicted molar refractivity (Wildman–Crippen MR) is 73.4 cm³/mol. The average molecular weight is 264 g/mol. The van der Waals surface area contributed by atoms with Crippen LogP contribution in [-0.2, 0) is 0 Å². The first kappa shape index (κ1) is 13.1. The summed E-state index contributed by atoms with van der Waals surface area (Å²) in [5.74, 6) is -0.435. The summed E-state index contributed by atoms with van der Waals surface area (Å²) in [4.78, 5) is 0. The molecule has 1 unspecified atom stereocenters. The van der Waals surface area contributed by atoms with Gasteiger partial charge in [-0.25, -0.2) is 4.39 Å². The third-order valence-corrected chi connectivity index (χ3v) is 3.70. The fraction of sp³-hybridized carbons (Fsp3) is 0.200. The van der Waals surface area contributed by atoms with Crippen LogP contribution in [0.3, 0.4) is 0 Å². The molecule has 0 radical (unpaired) electrons. The first-order chi connectivity index (χ1) is 8.52. The van der Waals surface area contributed by atoms with E-state index in [1.807, 2.05) is 32.0 Å². The zero-order valence-electron chi connectivity index (χ0n) is 10.4. The fourth-order valence-corrected chi connectivity index (χ4v) is 2.28. The lowest BCUT2D eigenvalue weighted by Gasteiger charge is -2.18.